The molecule has 28 heavy (non-hydrogen) atoms. The lowest BCUT2D eigenvalue weighted by Crippen LogP contribution is -2.45. The van der Waals surface area contributed by atoms with Gasteiger partial charge in [0.1, 0.15) is 19.3 Å². The molecule has 1 atom stereocenters. The third kappa shape index (κ3) is 4.93. The number of hydrogen-bond donors (Lipinski definition) is 2. The number of ketones is 1. The Kier molecular flexibility index (Phi) is 6.16. The van der Waals surface area contributed by atoms with Gasteiger partial charge in [0.05, 0.1) is 12.0 Å². The van der Waals surface area contributed by atoms with Crippen LogP contribution in [0.5, 0.6) is 0 Å². The zero-order valence-electron chi connectivity index (χ0n) is 14.1. The Labute approximate surface area is 154 Å². The van der Waals surface area contributed by atoms with Crippen molar-refractivity contribution in [2.75, 3.05) is 6.67 Å². The van der Waals surface area contributed by atoms with Crippen molar-refractivity contribution >= 4 is 28.4 Å². The highest BCUT2D eigenvalue weighted by Gasteiger charge is 2.30. The fraction of sp³-hybridized carbons (Fsp3) is 0.294. The van der Waals surface area contributed by atoms with Crippen LogP contribution in [-0.4, -0.2) is 40.0 Å². The van der Waals surface area contributed by atoms with Crippen LogP contribution in [0.15, 0.2) is 35.3 Å². The SMILES string of the molecule is O=C(O)CC(NC(=O)Cn1ccc2cc(C(F)(F)F)ccc2c1=O)C(=O)CF. The molecule has 2 rings (SSSR count). The molecule has 150 valence electrons. The van der Waals surface area contributed by atoms with Crippen LogP contribution in [0.1, 0.15) is 12.0 Å². The van der Waals surface area contributed by atoms with Gasteiger partial charge in [0.2, 0.25) is 5.91 Å². The lowest BCUT2D eigenvalue weighted by atomic mass is 10.1. The lowest BCUT2D eigenvalue weighted by Gasteiger charge is -2.15. The van der Waals surface area contributed by atoms with E-state index in [1.165, 1.54) is 6.07 Å². The summed E-state index contributed by atoms with van der Waals surface area (Å²) in [7, 11) is 0. The van der Waals surface area contributed by atoms with Crippen molar-refractivity contribution < 1.29 is 37.1 Å². The van der Waals surface area contributed by atoms with Gasteiger partial charge in [-0.2, -0.15) is 13.2 Å². The van der Waals surface area contributed by atoms with Crippen LogP contribution in [0, 0.1) is 0 Å². The zero-order chi connectivity index (χ0) is 21.1. The van der Waals surface area contributed by atoms with Crippen molar-refractivity contribution in [2.24, 2.45) is 0 Å². The quantitative estimate of drug-likeness (QED) is 0.684. The number of pyridine rings is 1. The van der Waals surface area contributed by atoms with Gasteiger partial charge in [0, 0.05) is 11.6 Å². The number of aliphatic carboxylic acids is 1. The van der Waals surface area contributed by atoms with Gasteiger partial charge in [-0.1, -0.05) is 0 Å². The van der Waals surface area contributed by atoms with E-state index >= 15 is 0 Å². The van der Waals surface area contributed by atoms with E-state index in [-0.39, 0.29) is 10.8 Å². The molecule has 2 aromatic rings. The van der Waals surface area contributed by atoms with Crippen LogP contribution >= 0.6 is 0 Å². The third-order valence-corrected chi connectivity index (χ3v) is 3.85. The normalized spacial score (nSPS) is 12.6. The summed E-state index contributed by atoms with van der Waals surface area (Å²) in [5.41, 5.74) is -1.69. The van der Waals surface area contributed by atoms with Crippen molar-refractivity contribution in [3.8, 4) is 0 Å². The fourth-order valence-electron chi connectivity index (χ4n) is 2.50. The minimum absolute atomic E-state index is 0.0212. The zero-order valence-corrected chi connectivity index (χ0v) is 14.1. The average Bonchev–Trinajstić information content (AvgIpc) is 2.61. The van der Waals surface area contributed by atoms with Gasteiger partial charge in [0.25, 0.3) is 5.56 Å². The number of carbonyl (C=O) groups is 3. The van der Waals surface area contributed by atoms with E-state index in [9.17, 15) is 36.7 Å². The number of halogens is 4. The summed E-state index contributed by atoms with van der Waals surface area (Å²) in [5, 5.41) is 10.7. The van der Waals surface area contributed by atoms with Crippen LogP contribution in [0.4, 0.5) is 17.6 Å². The molecule has 0 aliphatic rings. The predicted octanol–water partition coefficient (Wildman–Crippen LogP) is 1.52. The average molecular weight is 402 g/mol. The number of amides is 1. The number of alkyl halides is 4. The number of rotatable bonds is 7. The molecule has 1 amide bonds. The molecule has 0 bridgehead atoms. The van der Waals surface area contributed by atoms with Crippen LogP contribution in [0.2, 0.25) is 0 Å². The molecule has 0 spiro atoms. The molecule has 11 heteroatoms. The van der Waals surface area contributed by atoms with Gasteiger partial charge in [-0.05, 0) is 29.7 Å². The van der Waals surface area contributed by atoms with Crippen molar-refractivity contribution in [3.05, 3.63) is 46.4 Å². The molecule has 0 saturated carbocycles. The summed E-state index contributed by atoms with van der Waals surface area (Å²) in [5.74, 6) is -3.50. The largest absolute Gasteiger partial charge is 0.481 e. The highest BCUT2D eigenvalue weighted by atomic mass is 19.4. The fourth-order valence-corrected chi connectivity index (χ4v) is 2.50. The Morgan fingerprint density at radius 1 is 1.18 bits per heavy atom. The number of carboxylic acid groups (broad SMARTS) is 1. The van der Waals surface area contributed by atoms with E-state index < -0.39 is 60.6 Å². The van der Waals surface area contributed by atoms with Gasteiger partial charge < -0.3 is 15.0 Å². The van der Waals surface area contributed by atoms with Gasteiger partial charge in [0.15, 0.2) is 5.78 Å². The van der Waals surface area contributed by atoms with Crippen LogP contribution in [0.25, 0.3) is 10.8 Å². The Morgan fingerprint density at radius 3 is 2.43 bits per heavy atom. The van der Waals surface area contributed by atoms with Crippen molar-refractivity contribution in [1.29, 1.82) is 0 Å². The summed E-state index contributed by atoms with van der Waals surface area (Å²) in [4.78, 5) is 46.5. The molecule has 2 N–H and O–H groups in total. The van der Waals surface area contributed by atoms with Crippen LogP contribution < -0.4 is 10.9 Å². The van der Waals surface area contributed by atoms with Crippen LogP contribution in [-0.2, 0) is 27.1 Å². The summed E-state index contributed by atoms with van der Waals surface area (Å²) >= 11 is 0. The first-order valence-electron chi connectivity index (χ1n) is 7.83. The second kappa shape index (κ2) is 8.19. The molecular formula is C17H14F4N2O5. The van der Waals surface area contributed by atoms with Crippen molar-refractivity contribution in [1.82, 2.24) is 9.88 Å². The number of benzene rings is 1. The Balaban J connectivity index is 2.24. The van der Waals surface area contributed by atoms with E-state index in [2.05, 4.69) is 0 Å². The van der Waals surface area contributed by atoms with E-state index in [4.69, 9.17) is 5.11 Å². The summed E-state index contributed by atoms with van der Waals surface area (Å²) in [6.45, 7) is -2.11. The van der Waals surface area contributed by atoms with E-state index in [0.29, 0.717) is 0 Å². The van der Waals surface area contributed by atoms with E-state index in [1.807, 2.05) is 5.32 Å². The molecule has 0 saturated heterocycles. The molecule has 0 fully saturated rings. The van der Waals surface area contributed by atoms with Crippen molar-refractivity contribution in [2.45, 2.75) is 25.2 Å². The molecule has 1 heterocycles. The Hall–Kier alpha value is -3.24. The highest BCUT2D eigenvalue weighted by molar-refractivity contribution is 5.92. The first-order chi connectivity index (χ1) is 13.0. The monoisotopic (exact) mass is 402 g/mol. The van der Waals surface area contributed by atoms with Gasteiger partial charge in [-0.25, -0.2) is 4.39 Å². The molecular weight excluding hydrogens is 388 g/mol. The number of nitrogens with zero attached hydrogens (tertiary/aromatic N) is 1. The molecule has 1 aromatic carbocycles. The minimum atomic E-state index is -4.58. The molecule has 1 unspecified atom stereocenters. The lowest BCUT2D eigenvalue weighted by molar-refractivity contribution is -0.140. The number of Topliss-reactive ketones (excluding diaryl/α,β-unsaturated/α-hetero) is 1. The maximum atomic E-state index is 12.7. The minimum Gasteiger partial charge on any atom is -0.481 e. The second-order valence-electron chi connectivity index (χ2n) is 5.87. The van der Waals surface area contributed by atoms with E-state index in [0.717, 1.165) is 29.0 Å². The predicted molar refractivity (Wildman–Crippen MR) is 88.4 cm³/mol. The molecule has 0 radical (unpaired) electrons. The number of fused-ring (bicyclic) bond motifs is 1. The maximum absolute atomic E-state index is 12.7. The maximum Gasteiger partial charge on any atom is 0.416 e. The highest BCUT2D eigenvalue weighted by Crippen LogP contribution is 2.30. The molecule has 0 aliphatic heterocycles. The number of carboxylic acids is 1. The summed E-state index contributed by atoms with van der Waals surface area (Å²) < 4.78 is 51.6. The number of aromatic nitrogens is 1. The first kappa shape index (κ1) is 21.1. The Morgan fingerprint density at radius 2 is 1.86 bits per heavy atom. The number of hydrogen-bond acceptors (Lipinski definition) is 4. The first-order valence-corrected chi connectivity index (χ1v) is 7.83. The molecule has 7 nitrogen and oxygen atoms in total. The number of carbonyl (C=O) groups excluding carboxylic acids is 2. The van der Waals surface area contributed by atoms with Gasteiger partial charge in [-0.3, -0.25) is 19.2 Å². The van der Waals surface area contributed by atoms with Gasteiger partial charge in [-0.15, -0.1) is 0 Å². The summed E-state index contributed by atoms with van der Waals surface area (Å²) in [6, 6.07) is 2.12. The second-order valence-corrected chi connectivity index (χ2v) is 5.87. The standard InChI is InChI=1S/C17H14F4N2O5/c18-7-13(24)12(6-15(26)27)22-14(25)8-23-4-3-9-5-10(17(19,20)21)1-2-11(9)16(23)28/h1-5,12H,6-8H2,(H,22,25)(H,26,27). The smallest absolute Gasteiger partial charge is 0.416 e. The van der Waals surface area contributed by atoms with Crippen molar-refractivity contribution in [3.63, 3.8) is 0 Å². The topological polar surface area (TPSA) is 105 Å². The number of nitrogens with one attached hydrogen (secondary N) is 1. The Bertz CT molecular complexity index is 984. The third-order valence-electron chi connectivity index (χ3n) is 3.85. The molecule has 0 aliphatic carbocycles. The van der Waals surface area contributed by atoms with Gasteiger partial charge >= 0.3 is 12.1 Å². The van der Waals surface area contributed by atoms with E-state index in [1.54, 1.807) is 0 Å². The van der Waals surface area contributed by atoms with Crippen LogP contribution in [0.3, 0.4) is 0 Å². The summed E-state index contributed by atoms with van der Waals surface area (Å²) in [6.07, 6.45) is -4.32. The molecule has 1 aromatic heterocycles.